The average Bonchev–Trinajstić information content (AvgIpc) is 3.05. The minimum Gasteiger partial charge on any atom is -0.479 e. The molecule has 3 fully saturated rings. The van der Waals surface area contributed by atoms with Gasteiger partial charge in [-0.2, -0.15) is 0 Å². The van der Waals surface area contributed by atoms with Crippen molar-refractivity contribution in [1.82, 2.24) is 0 Å². The molecule has 3 aliphatic rings. The average molecular weight is 488 g/mol. The zero-order chi connectivity index (χ0) is 24.6. The van der Waals surface area contributed by atoms with E-state index in [1.165, 1.54) is 0 Å². The molecule has 0 spiro atoms. The van der Waals surface area contributed by atoms with Crippen molar-refractivity contribution in [2.24, 2.45) is 0 Å². The number of aliphatic hydroxyl groups excluding tert-OH is 9. The second-order valence-electron chi connectivity index (χ2n) is 7.88. The predicted molar refractivity (Wildman–Crippen MR) is 95.8 cm³/mol. The summed E-state index contributed by atoms with van der Waals surface area (Å²) in [6.45, 7) is -1.50. The molecule has 0 radical (unpaired) electrons. The van der Waals surface area contributed by atoms with Crippen molar-refractivity contribution in [3.05, 3.63) is 0 Å². The monoisotopic (exact) mass is 488 g/mol. The first-order valence-electron chi connectivity index (χ1n) is 10.00. The van der Waals surface area contributed by atoms with Gasteiger partial charge in [0.25, 0.3) is 0 Å². The van der Waals surface area contributed by atoms with Crippen LogP contribution in [0.25, 0.3) is 0 Å². The van der Waals surface area contributed by atoms with Crippen molar-refractivity contribution in [3.63, 3.8) is 0 Å². The Hall–Kier alpha value is -1.09. The summed E-state index contributed by atoms with van der Waals surface area (Å²) in [6, 6.07) is 0. The highest BCUT2D eigenvalue weighted by molar-refractivity contribution is 5.73. The van der Waals surface area contributed by atoms with Crippen LogP contribution in [0.1, 0.15) is 0 Å². The summed E-state index contributed by atoms with van der Waals surface area (Å²) in [7, 11) is 0. The van der Waals surface area contributed by atoms with Crippen molar-refractivity contribution < 1.29 is 79.5 Å². The van der Waals surface area contributed by atoms with Gasteiger partial charge in [-0.3, -0.25) is 0 Å². The minimum absolute atomic E-state index is 0.709. The highest BCUT2D eigenvalue weighted by atomic mass is 16.8. The summed E-state index contributed by atoms with van der Waals surface area (Å²) in [6.07, 6.45) is -24.9. The van der Waals surface area contributed by atoms with Crippen LogP contribution in [0.2, 0.25) is 0 Å². The number of aliphatic hydroxyl groups is 9. The van der Waals surface area contributed by atoms with Crippen LogP contribution in [0.4, 0.5) is 0 Å². The Morgan fingerprint density at radius 2 is 1.09 bits per heavy atom. The molecule has 16 nitrogen and oxygen atoms in total. The second kappa shape index (κ2) is 10.7. The van der Waals surface area contributed by atoms with E-state index in [1.54, 1.807) is 0 Å². The lowest BCUT2D eigenvalue weighted by molar-refractivity contribution is -0.372. The van der Waals surface area contributed by atoms with Gasteiger partial charge in [0.1, 0.15) is 61.0 Å². The highest BCUT2D eigenvalue weighted by Crippen LogP contribution is 2.33. The fourth-order valence-corrected chi connectivity index (χ4v) is 3.81. The van der Waals surface area contributed by atoms with E-state index in [-0.39, 0.29) is 0 Å². The largest absolute Gasteiger partial charge is 0.479 e. The molecular weight excluding hydrogens is 460 g/mol. The summed E-state index contributed by atoms with van der Waals surface area (Å²) in [5.74, 6) is -1.69. The number of carbonyl (C=O) groups is 1. The van der Waals surface area contributed by atoms with Gasteiger partial charge in [-0.15, -0.1) is 0 Å². The third kappa shape index (κ3) is 5.14. The lowest BCUT2D eigenvalue weighted by atomic mass is 9.97. The van der Waals surface area contributed by atoms with E-state index in [1.807, 2.05) is 0 Å². The number of ether oxygens (including phenoxy) is 5. The maximum Gasteiger partial charge on any atom is 0.335 e. The fourth-order valence-electron chi connectivity index (χ4n) is 3.81. The van der Waals surface area contributed by atoms with Gasteiger partial charge < -0.3 is 74.7 Å². The summed E-state index contributed by atoms with van der Waals surface area (Å²) >= 11 is 0. The molecule has 0 saturated carbocycles. The number of carboxylic acids is 1. The Morgan fingerprint density at radius 1 is 0.636 bits per heavy atom. The molecule has 14 atom stereocenters. The Labute approximate surface area is 185 Å². The van der Waals surface area contributed by atoms with Crippen molar-refractivity contribution in [1.29, 1.82) is 0 Å². The van der Waals surface area contributed by atoms with Gasteiger partial charge >= 0.3 is 5.97 Å². The van der Waals surface area contributed by atoms with Crippen LogP contribution >= 0.6 is 0 Å². The van der Waals surface area contributed by atoms with E-state index < -0.39 is 105 Å². The Bertz CT molecular complexity index is 663. The topological polar surface area (TPSA) is 266 Å². The molecule has 3 saturated heterocycles. The molecule has 0 aliphatic carbocycles. The zero-order valence-electron chi connectivity index (χ0n) is 16.9. The van der Waals surface area contributed by atoms with Crippen molar-refractivity contribution in [3.8, 4) is 0 Å². The summed E-state index contributed by atoms with van der Waals surface area (Å²) < 4.78 is 26.0. The van der Waals surface area contributed by atoms with E-state index in [4.69, 9.17) is 23.7 Å². The Kier molecular flexibility index (Phi) is 8.57. The van der Waals surface area contributed by atoms with Crippen LogP contribution in [-0.2, 0) is 28.5 Å². The lowest BCUT2D eigenvalue weighted by Gasteiger charge is -2.46. The molecule has 3 aliphatic heterocycles. The molecule has 8 unspecified atom stereocenters. The number of aliphatic carboxylic acids is 1. The van der Waals surface area contributed by atoms with Crippen LogP contribution in [0.15, 0.2) is 0 Å². The first-order valence-corrected chi connectivity index (χ1v) is 10.00. The standard InChI is InChI=1S/C17H28O16/c18-1-3-5(20)7(22)9(24)17(29-3)33-13-11(10(25)12(14(26)27)31-15(13)28)32-16-8(23)6(21)4(2-19)30-16/h3-13,15-25,28H,1-2H2,(H,26,27)/t3?,4-,5+,6?,7?,8?,9?,10-,11?,12?,13?,15+,16-,17-/m0/s1. The van der Waals surface area contributed by atoms with E-state index in [0.29, 0.717) is 0 Å². The molecule has 3 rings (SSSR count). The van der Waals surface area contributed by atoms with Crippen LogP contribution in [0, 0.1) is 0 Å². The van der Waals surface area contributed by atoms with Crippen LogP contribution < -0.4 is 0 Å². The third-order valence-corrected chi connectivity index (χ3v) is 5.71. The van der Waals surface area contributed by atoms with Gasteiger partial charge in [-0.25, -0.2) is 4.79 Å². The molecule has 192 valence electrons. The maximum absolute atomic E-state index is 11.4. The van der Waals surface area contributed by atoms with Gasteiger partial charge in [0.05, 0.1) is 13.2 Å². The summed E-state index contributed by atoms with van der Waals surface area (Å²) in [5.41, 5.74) is 0. The van der Waals surface area contributed by atoms with Gasteiger partial charge in [0, 0.05) is 0 Å². The fraction of sp³-hybridized carbons (Fsp3) is 0.941. The Morgan fingerprint density at radius 3 is 1.58 bits per heavy atom. The lowest BCUT2D eigenvalue weighted by Crippen LogP contribution is -2.65. The molecule has 3 heterocycles. The van der Waals surface area contributed by atoms with Crippen LogP contribution in [0.5, 0.6) is 0 Å². The molecule has 0 bridgehead atoms. The zero-order valence-corrected chi connectivity index (χ0v) is 16.9. The first-order chi connectivity index (χ1) is 15.5. The van der Waals surface area contributed by atoms with Crippen molar-refractivity contribution in [2.45, 2.75) is 86.0 Å². The predicted octanol–water partition coefficient (Wildman–Crippen LogP) is -6.84. The van der Waals surface area contributed by atoms with Gasteiger partial charge in [-0.1, -0.05) is 0 Å². The SMILES string of the molecule is O=C(O)C1O[C@@H](O)C(O[C@@H]2OC(CO)[C@@H](O)C(O)C2O)C(O[C@@H]2O[C@@H](CO)C(O)C2O)[C@@H]1O. The number of hydrogen-bond donors (Lipinski definition) is 10. The van der Waals surface area contributed by atoms with E-state index >= 15 is 0 Å². The molecule has 0 aromatic carbocycles. The number of carboxylic acid groups (broad SMARTS) is 1. The third-order valence-electron chi connectivity index (χ3n) is 5.71. The normalized spacial score (nSPS) is 50.9. The van der Waals surface area contributed by atoms with E-state index in [0.717, 1.165) is 0 Å². The minimum atomic E-state index is -2.12. The van der Waals surface area contributed by atoms with E-state index in [9.17, 15) is 55.9 Å². The summed E-state index contributed by atoms with van der Waals surface area (Å²) in [4.78, 5) is 11.4. The van der Waals surface area contributed by atoms with Crippen molar-refractivity contribution in [2.75, 3.05) is 13.2 Å². The smallest absolute Gasteiger partial charge is 0.335 e. The number of rotatable bonds is 7. The molecular formula is C17H28O16. The second-order valence-corrected chi connectivity index (χ2v) is 7.88. The molecule has 33 heavy (non-hydrogen) atoms. The molecule has 0 amide bonds. The maximum atomic E-state index is 11.4. The molecule has 16 heteroatoms. The number of hydrogen-bond acceptors (Lipinski definition) is 15. The molecule has 10 N–H and O–H groups in total. The summed E-state index contributed by atoms with van der Waals surface area (Å²) in [5, 5.41) is 98.5. The Balaban J connectivity index is 1.83. The first kappa shape index (κ1) is 26.5. The van der Waals surface area contributed by atoms with Crippen molar-refractivity contribution >= 4 is 5.97 Å². The van der Waals surface area contributed by atoms with Gasteiger partial charge in [0.15, 0.2) is 25.0 Å². The molecule has 0 aromatic heterocycles. The van der Waals surface area contributed by atoms with E-state index in [2.05, 4.69) is 0 Å². The van der Waals surface area contributed by atoms with Gasteiger partial charge in [-0.05, 0) is 0 Å². The van der Waals surface area contributed by atoms with Crippen LogP contribution in [0.3, 0.4) is 0 Å². The quantitative estimate of drug-likeness (QED) is 0.159. The molecule has 0 aromatic rings. The van der Waals surface area contributed by atoms with Crippen LogP contribution in [-0.4, -0.2) is 156 Å². The highest BCUT2D eigenvalue weighted by Gasteiger charge is 2.55. The van der Waals surface area contributed by atoms with Gasteiger partial charge in [0.2, 0.25) is 0 Å².